The maximum Gasteiger partial charge on any atom is 0.314 e. The van der Waals surface area contributed by atoms with Crippen molar-refractivity contribution in [3.63, 3.8) is 0 Å². The zero-order valence-corrected chi connectivity index (χ0v) is 19.6. The van der Waals surface area contributed by atoms with Crippen LogP contribution in [0.5, 0.6) is 0 Å². The number of likely N-dealkylation sites (N-methyl/N-ethyl adjacent to an activating group) is 1. The molecule has 1 spiro atoms. The van der Waals surface area contributed by atoms with E-state index in [1.807, 2.05) is 0 Å². The van der Waals surface area contributed by atoms with Crippen molar-refractivity contribution < 1.29 is 64.5 Å². The topological polar surface area (TPSA) is 272 Å². The zero-order valence-electron chi connectivity index (χ0n) is 19.6. The lowest BCUT2D eigenvalue weighted by atomic mass is 9.84. The summed E-state index contributed by atoms with van der Waals surface area (Å²) in [6.45, 7) is -1.33. The van der Waals surface area contributed by atoms with E-state index in [1.165, 1.54) is 0 Å². The van der Waals surface area contributed by atoms with Gasteiger partial charge in [-0.25, -0.2) is 0 Å². The van der Waals surface area contributed by atoms with Crippen LogP contribution in [0.4, 0.5) is 0 Å². The molecule has 0 amide bonds. The van der Waals surface area contributed by atoms with Gasteiger partial charge in [0, 0.05) is 12.1 Å². The van der Waals surface area contributed by atoms with E-state index in [0.717, 1.165) is 0 Å². The van der Waals surface area contributed by atoms with Crippen LogP contribution in [-0.4, -0.2) is 159 Å². The van der Waals surface area contributed by atoms with Crippen molar-refractivity contribution in [3.05, 3.63) is 0 Å². The second-order valence-electron chi connectivity index (χ2n) is 9.72. The first-order valence-electron chi connectivity index (χ1n) is 11.8. The minimum absolute atomic E-state index is 0.254. The fourth-order valence-electron chi connectivity index (χ4n) is 5.23. The summed E-state index contributed by atoms with van der Waals surface area (Å²) in [4.78, 5) is 0. The van der Waals surface area contributed by atoms with E-state index in [2.05, 4.69) is 5.32 Å². The van der Waals surface area contributed by atoms with Gasteiger partial charge in [-0.05, 0) is 13.5 Å². The Morgan fingerprint density at radius 1 is 0.944 bits per heavy atom. The molecule has 1 saturated carbocycles. The van der Waals surface area contributed by atoms with Crippen molar-refractivity contribution in [1.82, 2.24) is 5.32 Å². The molecule has 16 atom stereocenters. The number of nitrogens with one attached hydrogen (secondary N) is 1. The highest BCUT2D eigenvalue weighted by atomic mass is 16.9. The Hall–Kier alpha value is -0.640. The maximum absolute atomic E-state index is 10.7. The smallest absolute Gasteiger partial charge is 0.314 e. The first-order valence-corrected chi connectivity index (χ1v) is 11.8. The van der Waals surface area contributed by atoms with Crippen LogP contribution in [0.1, 0.15) is 6.42 Å². The molecule has 3 saturated heterocycles. The fraction of sp³-hybridized carbons (Fsp3) is 1.00. The van der Waals surface area contributed by atoms with Crippen molar-refractivity contribution in [1.29, 1.82) is 0 Å². The number of nitrogens with two attached hydrogens (primary N) is 2. The van der Waals surface area contributed by atoms with Crippen LogP contribution in [0.2, 0.25) is 0 Å². The van der Waals surface area contributed by atoms with Crippen molar-refractivity contribution >= 4 is 0 Å². The second-order valence-corrected chi connectivity index (χ2v) is 9.72. The molecule has 16 nitrogen and oxygen atoms in total. The summed E-state index contributed by atoms with van der Waals surface area (Å²) >= 11 is 0. The minimum Gasteiger partial charge on any atom is -0.395 e. The lowest BCUT2D eigenvalue weighted by molar-refractivity contribution is -0.439. The molecule has 0 radical (unpaired) electrons. The molecule has 3 heterocycles. The number of ether oxygens (including phenoxy) is 5. The van der Waals surface area contributed by atoms with Gasteiger partial charge in [-0.3, -0.25) is 0 Å². The predicted molar refractivity (Wildman–Crippen MR) is 115 cm³/mol. The molecule has 1 aliphatic carbocycles. The zero-order chi connectivity index (χ0) is 26.5. The van der Waals surface area contributed by atoms with Gasteiger partial charge < -0.3 is 81.3 Å². The molecule has 210 valence electrons. The van der Waals surface area contributed by atoms with Crippen LogP contribution in [0.3, 0.4) is 0 Å². The van der Waals surface area contributed by atoms with Crippen LogP contribution in [0, 0.1) is 0 Å². The highest BCUT2D eigenvalue weighted by molar-refractivity contribution is 5.05. The molecule has 13 N–H and O–H groups in total. The minimum atomic E-state index is -2.48. The summed E-state index contributed by atoms with van der Waals surface area (Å²) < 4.78 is 28.7. The number of rotatable bonds is 6. The van der Waals surface area contributed by atoms with E-state index in [4.69, 9.17) is 35.2 Å². The van der Waals surface area contributed by atoms with Crippen LogP contribution in [0.15, 0.2) is 0 Å². The van der Waals surface area contributed by atoms with Crippen LogP contribution < -0.4 is 16.8 Å². The molecule has 4 rings (SSSR count). The van der Waals surface area contributed by atoms with E-state index in [9.17, 15) is 40.9 Å². The van der Waals surface area contributed by atoms with Crippen molar-refractivity contribution in [2.75, 3.05) is 20.3 Å². The molecule has 0 aromatic rings. The van der Waals surface area contributed by atoms with Crippen LogP contribution in [-0.2, 0) is 23.7 Å². The van der Waals surface area contributed by atoms with Crippen LogP contribution >= 0.6 is 0 Å². The van der Waals surface area contributed by atoms with Gasteiger partial charge in [-0.2, -0.15) is 0 Å². The average molecular weight is 528 g/mol. The van der Waals surface area contributed by atoms with Gasteiger partial charge in [0.2, 0.25) is 0 Å². The largest absolute Gasteiger partial charge is 0.395 e. The normalized spacial score (nSPS) is 54.4. The molecule has 16 heteroatoms. The Labute approximate surface area is 206 Å². The summed E-state index contributed by atoms with van der Waals surface area (Å²) in [7, 11) is 1.60. The summed E-state index contributed by atoms with van der Waals surface area (Å²) in [5, 5.41) is 85.6. The van der Waals surface area contributed by atoms with Crippen LogP contribution in [0.25, 0.3) is 0 Å². The van der Waals surface area contributed by atoms with E-state index in [-0.39, 0.29) is 6.42 Å². The van der Waals surface area contributed by atoms with Crippen molar-refractivity contribution in [2.45, 2.75) is 104 Å². The molecular weight excluding hydrogens is 490 g/mol. The van der Waals surface area contributed by atoms with Gasteiger partial charge in [0.15, 0.2) is 12.4 Å². The predicted octanol–water partition coefficient (Wildman–Crippen LogP) is -7.27. The number of fused-ring (bicyclic) bond motifs is 1. The monoisotopic (exact) mass is 527 g/mol. The van der Waals surface area contributed by atoms with Gasteiger partial charge in [-0.1, -0.05) is 0 Å². The summed E-state index contributed by atoms with van der Waals surface area (Å²) in [5.74, 6) is -2.48. The molecule has 0 aromatic carbocycles. The lowest BCUT2D eigenvalue weighted by Gasteiger charge is -2.46. The Morgan fingerprint density at radius 2 is 1.61 bits per heavy atom. The van der Waals surface area contributed by atoms with Crippen molar-refractivity contribution in [2.24, 2.45) is 11.5 Å². The number of hydrogen-bond donors (Lipinski definition) is 11. The van der Waals surface area contributed by atoms with E-state index in [1.54, 1.807) is 7.05 Å². The SMILES string of the molecule is CN[C@@H]1C[C@H](N)[C@@H](O)[C@H](O[C@H]2O[C@@H](CO)[C@@H](O)[C@H]3O[C@]4(O[C@@H]([C@H](N)CO)[C@@H](O)[C@@H](O)[C@@H]4O)O[C@@H]23)[C@H]1O. The van der Waals surface area contributed by atoms with Gasteiger partial charge >= 0.3 is 5.97 Å². The van der Waals surface area contributed by atoms with Gasteiger partial charge in [0.1, 0.15) is 48.8 Å². The Morgan fingerprint density at radius 3 is 2.22 bits per heavy atom. The maximum atomic E-state index is 10.7. The molecular formula is C20H37N3O13. The third kappa shape index (κ3) is 4.68. The first-order chi connectivity index (χ1) is 17.0. The van der Waals surface area contributed by atoms with E-state index in [0.29, 0.717) is 0 Å². The average Bonchev–Trinajstić information content (AvgIpc) is 3.27. The van der Waals surface area contributed by atoms with E-state index < -0.39 is 111 Å². The first kappa shape index (κ1) is 28.4. The third-order valence-electron chi connectivity index (χ3n) is 7.42. The van der Waals surface area contributed by atoms with Gasteiger partial charge in [0.05, 0.1) is 31.5 Å². The third-order valence-corrected chi connectivity index (χ3v) is 7.42. The summed E-state index contributed by atoms with van der Waals surface area (Å²) in [6.07, 6.45) is -17.7. The highest BCUT2D eigenvalue weighted by Gasteiger charge is 2.67. The Kier molecular flexibility index (Phi) is 8.55. The molecule has 0 unspecified atom stereocenters. The molecule has 0 aromatic heterocycles. The Bertz CT molecular complexity index is 756. The van der Waals surface area contributed by atoms with Crippen molar-refractivity contribution in [3.8, 4) is 0 Å². The number of aliphatic hydroxyl groups is 8. The Balaban J connectivity index is 1.62. The molecule has 36 heavy (non-hydrogen) atoms. The fourth-order valence-corrected chi connectivity index (χ4v) is 5.23. The summed E-state index contributed by atoms with van der Waals surface area (Å²) in [5.41, 5.74) is 11.8. The number of aliphatic hydroxyl groups excluding tert-OH is 8. The van der Waals surface area contributed by atoms with Gasteiger partial charge in [-0.15, -0.1) is 0 Å². The standard InChI is InChI=1S/C20H37N3O13/c1-23-7-2-5(21)9(26)15(10(7)27)33-19-17-16(11(28)8(4-25)32-19)35-20(36-17)18(31)13(30)12(29)14(34-20)6(22)3-24/h5-19,23-31H,2-4,21-22H2,1H3/t5-,6+,7+,8-,9+,10-,11+,12-,13+,14-,15-,16+,17+,18-,19+,20-/m0/s1. The lowest BCUT2D eigenvalue weighted by Crippen LogP contribution is -2.69. The molecule has 4 fully saturated rings. The second kappa shape index (κ2) is 10.9. The van der Waals surface area contributed by atoms with E-state index >= 15 is 0 Å². The summed E-state index contributed by atoms with van der Waals surface area (Å²) in [6, 6.07) is -2.50. The molecule has 3 aliphatic heterocycles. The molecule has 4 aliphatic rings. The number of hydrogen-bond acceptors (Lipinski definition) is 16. The quantitative estimate of drug-likeness (QED) is 0.153. The molecule has 0 bridgehead atoms. The van der Waals surface area contributed by atoms with Gasteiger partial charge in [0.25, 0.3) is 0 Å². The highest BCUT2D eigenvalue weighted by Crippen LogP contribution is 2.45.